The van der Waals surface area contributed by atoms with Crippen LogP contribution in [0.2, 0.25) is 0 Å². The van der Waals surface area contributed by atoms with Crippen LogP contribution in [0.15, 0.2) is 170 Å². The summed E-state index contributed by atoms with van der Waals surface area (Å²) in [6.45, 7) is 30.7. The Hall–Kier alpha value is -8.78. The second-order valence-electron chi connectivity index (χ2n) is 21.2. The van der Waals surface area contributed by atoms with Crippen molar-refractivity contribution in [3.63, 3.8) is 0 Å². The van der Waals surface area contributed by atoms with Gasteiger partial charge in [-0.3, -0.25) is 4.98 Å². The molecule has 9 aromatic carbocycles. The van der Waals surface area contributed by atoms with Crippen LogP contribution < -0.4 is 0 Å². The summed E-state index contributed by atoms with van der Waals surface area (Å²) in [7, 11) is 0. The number of pyridine rings is 1. The Morgan fingerprint density at radius 3 is 0.892 bits per heavy atom. The minimum absolute atomic E-state index is 0.560. The molecule has 0 amide bonds. The summed E-state index contributed by atoms with van der Waals surface area (Å²) in [5, 5.41) is 4.58. The molecule has 4 nitrogen and oxygen atoms in total. The van der Waals surface area contributed by atoms with Gasteiger partial charge in [0.1, 0.15) is 0 Å². The maximum absolute atomic E-state index is 9.21. The highest BCUT2D eigenvalue weighted by Crippen LogP contribution is 2.46. The second kappa shape index (κ2) is 17.8. The van der Waals surface area contributed by atoms with Crippen molar-refractivity contribution in [3.8, 4) is 67.0 Å². The van der Waals surface area contributed by atoms with Crippen molar-refractivity contribution in [2.75, 3.05) is 0 Å². The Balaban J connectivity index is 1.21. The van der Waals surface area contributed by atoms with Crippen LogP contribution in [0.5, 0.6) is 0 Å². The van der Waals surface area contributed by atoms with Gasteiger partial charge in [0.05, 0.1) is 34.3 Å². The zero-order valence-electron chi connectivity index (χ0n) is 44.0. The fourth-order valence-electron chi connectivity index (χ4n) is 12.1. The van der Waals surface area contributed by atoms with E-state index >= 15 is 0 Å². The molecule has 74 heavy (non-hydrogen) atoms. The van der Waals surface area contributed by atoms with Crippen molar-refractivity contribution in [1.29, 1.82) is 0 Å². The summed E-state index contributed by atoms with van der Waals surface area (Å²) in [5.41, 5.74) is 29.6. The molecule has 3 heterocycles. The lowest BCUT2D eigenvalue weighted by Crippen LogP contribution is -2.02. The molecule has 12 rings (SSSR count). The van der Waals surface area contributed by atoms with Crippen molar-refractivity contribution >= 4 is 49.3 Å². The number of benzene rings is 9. The van der Waals surface area contributed by atoms with Gasteiger partial charge in [-0.2, -0.15) is 0 Å². The van der Waals surface area contributed by atoms with Gasteiger partial charge >= 0.3 is 0 Å². The number of hydrogen-bond acceptors (Lipinski definition) is 1. The molecule has 0 N–H and O–H groups in total. The molecule has 0 aliphatic rings. The van der Waals surface area contributed by atoms with Gasteiger partial charge in [-0.15, -0.1) is 0 Å². The minimum atomic E-state index is 0.560. The van der Waals surface area contributed by atoms with Crippen LogP contribution in [0.1, 0.15) is 55.9 Å². The highest BCUT2D eigenvalue weighted by molar-refractivity contribution is 6.14. The third kappa shape index (κ3) is 8.16. The number of aryl methyl sites for hydroxylation is 10. The summed E-state index contributed by atoms with van der Waals surface area (Å²) in [6.07, 6.45) is 0. The molecule has 0 saturated heterocycles. The first-order valence-electron chi connectivity index (χ1n) is 25.7. The van der Waals surface area contributed by atoms with E-state index in [2.05, 4.69) is 253 Å². The standard InChI is InChI=1S/C70H58N4/c1-40-20-41(2)25-54(24-40)50-12-16-59-60-17-13-51(55-26-42(3)21-43(4)27-55)35-66(60)73(65(59)34-50)69-39-64(71-11)70(38-63(69)58-32-48(9)72-49(10)33-58)74-67-36-52(56-28-44(5)22-45(6)29-56)14-18-61(67)62-19-15-53(37-68(62)74)57-30-46(7)23-47(8)31-57/h12-39H,1-10H3. The molecule has 0 aliphatic carbocycles. The topological polar surface area (TPSA) is 27.1 Å². The maximum Gasteiger partial charge on any atom is 0.212 e. The predicted molar refractivity (Wildman–Crippen MR) is 314 cm³/mol. The van der Waals surface area contributed by atoms with E-state index in [0.29, 0.717) is 5.69 Å². The van der Waals surface area contributed by atoms with Gasteiger partial charge in [0.2, 0.25) is 5.69 Å². The van der Waals surface area contributed by atoms with Crippen molar-refractivity contribution in [1.82, 2.24) is 14.1 Å². The lowest BCUT2D eigenvalue weighted by molar-refractivity contribution is 1.12. The second-order valence-corrected chi connectivity index (χ2v) is 21.2. The molecule has 0 radical (unpaired) electrons. The summed E-state index contributed by atoms with van der Waals surface area (Å²) in [6, 6.07) is 63.5. The molecule has 3 aromatic heterocycles. The summed E-state index contributed by atoms with van der Waals surface area (Å²) in [4.78, 5) is 9.42. The van der Waals surface area contributed by atoms with Gasteiger partial charge in [-0.25, -0.2) is 4.85 Å². The van der Waals surface area contributed by atoms with Gasteiger partial charge in [0.15, 0.2) is 0 Å². The van der Waals surface area contributed by atoms with Gasteiger partial charge in [-0.05, 0) is 168 Å². The highest BCUT2D eigenvalue weighted by Gasteiger charge is 2.24. The van der Waals surface area contributed by atoms with E-state index < -0.39 is 0 Å². The van der Waals surface area contributed by atoms with Crippen LogP contribution in [0, 0.1) is 75.8 Å². The summed E-state index contributed by atoms with van der Waals surface area (Å²) < 4.78 is 4.80. The van der Waals surface area contributed by atoms with E-state index in [-0.39, 0.29) is 0 Å². The van der Waals surface area contributed by atoms with Gasteiger partial charge in [-0.1, -0.05) is 166 Å². The monoisotopic (exact) mass is 954 g/mol. The first kappa shape index (κ1) is 46.3. The third-order valence-corrected chi connectivity index (χ3v) is 14.8. The van der Waals surface area contributed by atoms with Crippen molar-refractivity contribution in [3.05, 3.63) is 237 Å². The fourth-order valence-corrected chi connectivity index (χ4v) is 12.1. The predicted octanol–water partition coefficient (Wildman–Crippen LogP) is 19.2. The molecule has 358 valence electrons. The van der Waals surface area contributed by atoms with Crippen molar-refractivity contribution in [2.24, 2.45) is 0 Å². The molecule has 12 aromatic rings. The zero-order valence-corrected chi connectivity index (χ0v) is 44.0. The smallest absolute Gasteiger partial charge is 0.212 e. The van der Waals surface area contributed by atoms with E-state index in [1.54, 1.807) is 0 Å². The number of nitrogens with zero attached hydrogens (tertiary/aromatic N) is 4. The highest BCUT2D eigenvalue weighted by atomic mass is 15.0. The summed E-state index contributed by atoms with van der Waals surface area (Å²) >= 11 is 0. The Bertz CT molecular complexity index is 4060. The van der Waals surface area contributed by atoms with Crippen LogP contribution in [-0.4, -0.2) is 14.1 Å². The normalized spacial score (nSPS) is 11.6. The van der Waals surface area contributed by atoms with Crippen LogP contribution in [-0.2, 0) is 0 Å². The summed E-state index contributed by atoms with van der Waals surface area (Å²) in [5.74, 6) is 0. The molecule has 0 spiro atoms. The lowest BCUT2D eigenvalue weighted by atomic mass is 9.98. The first-order chi connectivity index (χ1) is 35.6. The Kier molecular flexibility index (Phi) is 11.1. The quantitative estimate of drug-likeness (QED) is 0.146. The Labute approximate surface area is 434 Å². The van der Waals surface area contributed by atoms with E-state index in [4.69, 9.17) is 4.98 Å². The van der Waals surface area contributed by atoms with E-state index in [1.807, 2.05) is 0 Å². The van der Waals surface area contributed by atoms with Gasteiger partial charge in [0.25, 0.3) is 0 Å². The fraction of sp³-hybridized carbons (Fsp3) is 0.143. The Morgan fingerprint density at radius 2 is 0.595 bits per heavy atom. The van der Waals surface area contributed by atoms with Gasteiger partial charge in [0, 0.05) is 44.2 Å². The number of fused-ring (bicyclic) bond motifs is 6. The molecule has 0 unspecified atom stereocenters. The Morgan fingerprint density at radius 1 is 0.297 bits per heavy atom. The average molecular weight is 955 g/mol. The molecular formula is C70H58N4. The number of rotatable bonds is 7. The van der Waals surface area contributed by atoms with Crippen LogP contribution >= 0.6 is 0 Å². The van der Waals surface area contributed by atoms with E-state index in [0.717, 1.165) is 99.8 Å². The van der Waals surface area contributed by atoms with E-state index in [1.165, 1.54) is 66.8 Å². The number of aromatic nitrogens is 3. The molecular weight excluding hydrogens is 897 g/mol. The number of hydrogen-bond donors (Lipinski definition) is 0. The van der Waals surface area contributed by atoms with Crippen LogP contribution in [0.4, 0.5) is 5.69 Å². The largest absolute Gasteiger partial charge is 0.319 e. The molecule has 0 aliphatic heterocycles. The van der Waals surface area contributed by atoms with Gasteiger partial charge < -0.3 is 9.13 Å². The SMILES string of the molecule is [C-]#[N+]c1cc(-n2c3cc(-c4cc(C)cc(C)c4)ccc3c3ccc(-c4cc(C)cc(C)c4)cc32)c(-c2cc(C)nc(C)c2)cc1-n1c2cc(-c3cc(C)cc(C)c3)ccc2c2ccc(-c3cc(C)cc(C)c3)cc21. The van der Waals surface area contributed by atoms with Crippen LogP contribution in [0.25, 0.3) is 115 Å². The van der Waals surface area contributed by atoms with Crippen LogP contribution in [0.3, 0.4) is 0 Å². The lowest BCUT2D eigenvalue weighted by Gasteiger charge is -2.20. The molecule has 0 fully saturated rings. The molecule has 0 saturated carbocycles. The zero-order chi connectivity index (χ0) is 51.3. The average Bonchev–Trinajstić information content (AvgIpc) is 3.86. The maximum atomic E-state index is 9.21. The molecule has 0 bridgehead atoms. The molecule has 4 heteroatoms. The third-order valence-electron chi connectivity index (χ3n) is 14.8. The van der Waals surface area contributed by atoms with Crippen molar-refractivity contribution < 1.29 is 0 Å². The van der Waals surface area contributed by atoms with E-state index in [9.17, 15) is 6.57 Å². The first-order valence-corrected chi connectivity index (χ1v) is 25.7. The van der Waals surface area contributed by atoms with Crippen molar-refractivity contribution in [2.45, 2.75) is 69.2 Å². The minimum Gasteiger partial charge on any atom is -0.319 e. The molecule has 0 atom stereocenters.